The van der Waals surface area contributed by atoms with Crippen LogP contribution >= 0.6 is 0 Å². The number of methoxy groups -OCH3 is 2. The summed E-state index contributed by atoms with van der Waals surface area (Å²) in [5.74, 6) is 0. The van der Waals surface area contributed by atoms with Gasteiger partial charge in [-0.2, -0.15) is 0 Å². The zero-order valence-electron chi connectivity index (χ0n) is 24.0. The van der Waals surface area contributed by atoms with E-state index in [-0.39, 0.29) is 5.41 Å². The Morgan fingerprint density at radius 2 is 1.21 bits per heavy atom. The van der Waals surface area contributed by atoms with Crippen LogP contribution in [0.5, 0.6) is 0 Å². The molecule has 0 fully saturated rings. The van der Waals surface area contributed by atoms with Crippen LogP contribution in [0, 0.1) is 0 Å². The second kappa shape index (κ2) is 17.0. The molecular weight excluding hydrogens is 490 g/mol. The van der Waals surface area contributed by atoms with Gasteiger partial charge in [0.25, 0.3) is 0 Å². The third-order valence-electron chi connectivity index (χ3n) is 7.33. The van der Waals surface area contributed by atoms with Crippen molar-refractivity contribution in [3.8, 4) is 11.1 Å². The van der Waals surface area contributed by atoms with Crippen LogP contribution in [-0.2, 0) is 33.8 Å². The molecule has 0 atom stereocenters. The number of benzene rings is 2. The molecule has 1 radical (unpaired) electrons. The van der Waals surface area contributed by atoms with Crippen LogP contribution in [0.15, 0.2) is 36.4 Å². The van der Waals surface area contributed by atoms with Crippen molar-refractivity contribution in [1.29, 1.82) is 0 Å². The van der Waals surface area contributed by atoms with Crippen molar-refractivity contribution in [2.24, 2.45) is 0 Å². The summed E-state index contributed by atoms with van der Waals surface area (Å²) < 4.78 is 33.4. The van der Waals surface area contributed by atoms with E-state index in [2.05, 4.69) is 49.8 Å². The molecule has 8 heteroatoms. The minimum atomic E-state index is -0.276. The molecule has 0 aromatic heterocycles. The molecule has 2 aromatic rings. The van der Waals surface area contributed by atoms with Crippen LogP contribution in [0.3, 0.4) is 0 Å². The number of ether oxygens (including phenoxy) is 6. The van der Waals surface area contributed by atoms with Gasteiger partial charge in [-0.25, -0.2) is 0 Å². The normalized spacial score (nSPS) is 13.2. The van der Waals surface area contributed by atoms with E-state index in [9.17, 15) is 0 Å². The fraction of sp³-hybridized carbons (Fsp3) is 0.548. The van der Waals surface area contributed by atoms with Gasteiger partial charge in [0.05, 0.1) is 0 Å². The molecule has 0 bridgehead atoms. The Labute approximate surface area is 236 Å². The molecule has 0 amide bonds. The molecule has 3 rings (SSSR count). The number of fused-ring (bicyclic) bond motifs is 3. The van der Waals surface area contributed by atoms with E-state index >= 15 is 0 Å². The number of hydrogen-bond acceptors (Lipinski definition) is 6. The molecule has 0 saturated heterocycles. The first-order chi connectivity index (χ1) is 19.1. The van der Waals surface area contributed by atoms with Gasteiger partial charge >= 0.3 is 213 Å². The molecule has 2 aromatic carbocycles. The summed E-state index contributed by atoms with van der Waals surface area (Å²) in [5, 5.41) is 0. The SMILES string of the molecule is [B]=C(CC)c1ccc2c(c1)C(CCOCCOCCOC)(CCOCCOCCOC)c1cc(B=C)ccc1-2. The average Bonchev–Trinajstić information content (AvgIpc) is 3.23. The van der Waals surface area contributed by atoms with E-state index in [4.69, 9.17) is 35.9 Å². The first-order valence-electron chi connectivity index (χ1n) is 13.9. The second-order valence-corrected chi connectivity index (χ2v) is 9.67. The Morgan fingerprint density at radius 1 is 0.718 bits per heavy atom. The van der Waals surface area contributed by atoms with Crippen LogP contribution in [0.25, 0.3) is 11.1 Å². The maximum absolute atomic E-state index is 6.42. The monoisotopic (exact) mass is 533 g/mol. The summed E-state index contributed by atoms with van der Waals surface area (Å²) in [6.45, 7) is 13.7. The molecule has 0 spiro atoms. The Bertz CT molecular complexity index is 1040. The Balaban J connectivity index is 1.84. The molecular formula is C31H43B2O6. The van der Waals surface area contributed by atoms with Crippen LogP contribution in [0.4, 0.5) is 0 Å². The Kier molecular flexibility index (Phi) is 13.8. The van der Waals surface area contributed by atoms with Gasteiger partial charge in [-0.3, -0.25) is 0 Å². The Morgan fingerprint density at radius 3 is 1.72 bits per heavy atom. The van der Waals surface area contributed by atoms with Gasteiger partial charge in [0.15, 0.2) is 0 Å². The minimum absolute atomic E-state index is 0.276. The molecule has 0 heterocycles. The first-order valence-corrected chi connectivity index (χ1v) is 13.9. The van der Waals surface area contributed by atoms with E-state index in [1.54, 1.807) is 14.2 Å². The predicted octanol–water partition coefficient (Wildman–Crippen LogP) is 2.95. The molecule has 39 heavy (non-hydrogen) atoms. The van der Waals surface area contributed by atoms with E-state index in [1.165, 1.54) is 22.3 Å². The van der Waals surface area contributed by atoms with Crippen LogP contribution in [0.1, 0.15) is 42.9 Å². The summed E-state index contributed by atoms with van der Waals surface area (Å²) in [6, 6.07) is 13.3. The molecule has 1 aliphatic rings. The van der Waals surface area contributed by atoms with Gasteiger partial charge in [-0.1, -0.05) is 0 Å². The molecule has 0 saturated carbocycles. The number of hydrogen-bond donors (Lipinski definition) is 0. The molecule has 0 unspecified atom stereocenters. The van der Waals surface area contributed by atoms with Gasteiger partial charge in [0.2, 0.25) is 0 Å². The van der Waals surface area contributed by atoms with Gasteiger partial charge in [0, 0.05) is 14.2 Å². The van der Waals surface area contributed by atoms with Crippen molar-refractivity contribution < 1.29 is 28.4 Å². The fourth-order valence-electron chi connectivity index (χ4n) is 5.13. The van der Waals surface area contributed by atoms with Gasteiger partial charge < -0.3 is 9.47 Å². The van der Waals surface area contributed by atoms with Crippen molar-refractivity contribution in [3.63, 3.8) is 0 Å². The molecule has 6 nitrogen and oxygen atoms in total. The van der Waals surface area contributed by atoms with Gasteiger partial charge in [-0.05, 0) is 0 Å². The third-order valence-corrected chi connectivity index (χ3v) is 7.33. The summed E-state index contributed by atoms with van der Waals surface area (Å²) >= 11 is 0. The fourth-order valence-corrected chi connectivity index (χ4v) is 5.13. The standard InChI is InChI=1S/C31H43B2O6/c1-5-30(32)24-6-8-26-27-9-7-25(33-2)23-29(27)31(28(26)22-24,10-12-36-18-20-38-16-14-34-3)11-13-37-19-21-39-17-15-35-4/h6-9,22-23H,2,5,10-21H2,1,3-4H3. The van der Waals surface area contributed by atoms with Crippen molar-refractivity contribution >= 4 is 31.8 Å². The topological polar surface area (TPSA) is 55.4 Å². The van der Waals surface area contributed by atoms with Gasteiger partial charge in [0.1, 0.15) is 0 Å². The maximum atomic E-state index is 6.42. The van der Waals surface area contributed by atoms with Crippen molar-refractivity contribution in [3.05, 3.63) is 53.1 Å². The summed E-state index contributed by atoms with van der Waals surface area (Å²) in [5.41, 5.74) is 7.88. The first kappa shape index (κ1) is 31.6. The summed E-state index contributed by atoms with van der Waals surface area (Å²) in [7, 11) is 9.76. The average molecular weight is 533 g/mol. The zero-order chi connectivity index (χ0) is 27.9. The molecule has 0 N–H and O–H groups in total. The van der Waals surface area contributed by atoms with Gasteiger partial charge in [-0.15, -0.1) is 0 Å². The van der Waals surface area contributed by atoms with Crippen LogP contribution in [-0.4, -0.2) is 107 Å². The number of rotatable bonds is 21. The predicted molar refractivity (Wildman–Crippen MR) is 162 cm³/mol. The van der Waals surface area contributed by atoms with Crippen LogP contribution < -0.4 is 5.46 Å². The zero-order valence-corrected chi connectivity index (χ0v) is 24.0. The van der Waals surface area contributed by atoms with E-state index in [0.29, 0.717) is 66.1 Å². The van der Waals surface area contributed by atoms with Crippen molar-refractivity contribution in [2.75, 3.05) is 80.3 Å². The summed E-state index contributed by atoms with van der Waals surface area (Å²) in [4.78, 5) is 0. The molecule has 0 aliphatic heterocycles. The van der Waals surface area contributed by atoms with Crippen LogP contribution in [0.2, 0.25) is 0 Å². The molecule has 209 valence electrons. The third kappa shape index (κ3) is 8.53. The van der Waals surface area contributed by atoms with E-state index in [0.717, 1.165) is 35.8 Å². The second-order valence-electron chi connectivity index (χ2n) is 9.67. The summed E-state index contributed by atoms with van der Waals surface area (Å²) in [6.07, 6.45) is 2.43. The Hall–Kier alpha value is -1.93. The van der Waals surface area contributed by atoms with E-state index < -0.39 is 0 Å². The van der Waals surface area contributed by atoms with E-state index in [1.807, 2.05) is 6.92 Å². The van der Waals surface area contributed by atoms with Crippen molar-refractivity contribution in [1.82, 2.24) is 0 Å². The van der Waals surface area contributed by atoms with Crippen molar-refractivity contribution in [2.45, 2.75) is 31.6 Å². The quantitative estimate of drug-likeness (QED) is 0.182. The molecule has 1 aliphatic carbocycles.